The Morgan fingerprint density at radius 1 is 0.796 bits per heavy atom. The standard InChI is InChI=1S/C40H46F2N2O4Si/c1-39(2,3)49(4,5)48-36(33-20-22-35(38-34(33)21-23-37(45)44-38)46-27-30-12-8-6-9-13-30)26-43-25-24-29-16-18-32(19-17-29)47-28-40(41,42)31-14-10-7-11-15-31/h6-23,36,43H,24-28H2,1-5H3,(H,44,45)/t36-/m0/s1. The van der Waals surface area contributed by atoms with Crippen molar-refractivity contribution in [2.24, 2.45) is 0 Å². The molecule has 0 saturated heterocycles. The van der Waals surface area contributed by atoms with Crippen molar-refractivity contribution in [3.63, 3.8) is 0 Å². The molecule has 4 aromatic carbocycles. The highest BCUT2D eigenvalue weighted by Crippen LogP contribution is 2.41. The van der Waals surface area contributed by atoms with Crippen LogP contribution in [0.3, 0.4) is 0 Å². The van der Waals surface area contributed by atoms with E-state index in [1.165, 1.54) is 12.1 Å². The summed E-state index contributed by atoms with van der Waals surface area (Å²) in [6.07, 6.45) is 0.452. The Kier molecular flexibility index (Phi) is 11.4. The molecule has 0 fully saturated rings. The van der Waals surface area contributed by atoms with E-state index in [2.05, 4.69) is 44.2 Å². The van der Waals surface area contributed by atoms with Crippen LogP contribution in [-0.2, 0) is 23.4 Å². The number of alkyl halides is 2. The number of hydrogen-bond donors (Lipinski definition) is 2. The summed E-state index contributed by atoms with van der Waals surface area (Å²) in [5.41, 5.74) is 3.45. The second-order valence-electron chi connectivity index (χ2n) is 13.9. The van der Waals surface area contributed by atoms with E-state index in [1.54, 1.807) is 36.4 Å². The highest BCUT2D eigenvalue weighted by Gasteiger charge is 2.40. The van der Waals surface area contributed by atoms with E-state index >= 15 is 0 Å². The largest absolute Gasteiger partial charge is 0.487 e. The molecule has 0 bridgehead atoms. The van der Waals surface area contributed by atoms with Crippen LogP contribution in [0.25, 0.3) is 10.9 Å². The molecule has 0 saturated carbocycles. The van der Waals surface area contributed by atoms with Gasteiger partial charge in [0, 0.05) is 23.6 Å². The lowest BCUT2D eigenvalue weighted by molar-refractivity contribution is -0.0467. The summed E-state index contributed by atoms with van der Waals surface area (Å²) in [7, 11) is -2.21. The lowest BCUT2D eigenvalue weighted by Crippen LogP contribution is -2.43. The average Bonchev–Trinajstić information content (AvgIpc) is 3.08. The summed E-state index contributed by atoms with van der Waals surface area (Å²) in [5.74, 6) is -2.07. The Labute approximate surface area is 288 Å². The zero-order valence-electron chi connectivity index (χ0n) is 28.9. The minimum absolute atomic E-state index is 0.0109. The molecule has 258 valence electrons. The van der Waals surface area contributed by atoms with Crippen molar-refractivity contribution in [2.45, 2.75) is 64.0 Å². The van der Waals surface area contributed by atoms with E-state index in [0.717, 1.165) is 28.5 Å². The zero-order chi connectivity index (χ0) is 35.1. The number of halogens is 2. The molecule has 9 heteroatoms. The van der Waals surface area contributed by atoms with Gasteiger partial charge >= 0.3 is 5.92 Å². The van der Waals surface area contributed by atoms with Gasteiger partial charge < -0.3 is 24.2 Å². The number of rotatable bonds is 15. The molecular formula is C40H46F2N2O4Si. The van der Waals surface area contributed by atoms with Crippen molar-refractivity contribution in [3.05, 3.63) is 142 Å². The molecule has 1 atom stereocenters. The SMILES string of the molecule is CC(C)(C)[Si](C)(C)O[C@@H](CNCCc1ccc(OCC(F)(F)c2ccccc2)cc1)c1ccc(OCc2ccccc2)c2[nH]c(=O)ccc12. The molecule has 2 N–H and O–H groups in total. The first kappa shape index (κ1) is 36.0. The molecule has 0 unspecified atom stereocenters. The lowest BCUT2D eigenvalue weighted by Gasteiger charge is -2.39. The van der Waals surface area contributed by atoms with Crippen LogP contribution in [0.4, 0.5) is 8.78 Å². The van der Waals surface area contributed by atoms with Gasteiger partial charge in [-0.15, -0.1) is 0 Å². The molecule has 1 aromatic heterocycles. The first-order chi connectivity index (χ1) is 23.3. The Hall–Kier alpha value is -4.31. The van der Waals surface area contributed by atoms with Crippen LogP contribution < -0.4 is 20.3 Å². The second kappa shape index (κ2) is 15.5. The molecule has 0 aliphatic rings. The fraction of sp³-hybridized carbons (Fsp3) is 0.325. The van der Waals surface area contributed by atoms with E-state index in [0.29, 0.717) is 36.7 Å². The van der Waals surface area contributed by atoms with Crippen molar-refractivity contribution in [1.29, 1.82) is 0 Å². The molecule has 1 heterocycles. The van der Waals surface area contributed by atoms with Crippen LogP contribution in [0.2, 0.25) is 18.1 Å². The lowest BCUT2D eigenvalue weighted by atomic mass is 10.0. The second-order valence-corrected chi connectivity index (χ2v) is 18.6. The number of aromatic amines is 1. The van der Waals surface area contributed by atoms with E-state index in [1.807, 2.05) is 60.7 Å². The summed E-state index contributed by atoms with van der Waals surface area (Å²) in [6.45, 7) is 12.0. The van der Waals surface area contributed by atoms with Gasteiger partial charge in [-0.1, -0.05) is 99.6 Å². The fourth-order valence-corrected chi connectivity index (χ4v) is 6.56. The van der Waals surface area contributed by atoms with Crippen LogP contribution in [0.15, 0.2) is 114 Å². The first-order valence-electron chi connectivity index (χ1n) is 16.7. The molecule has 0 aliphatic carbocycles. The highest BCUT2D eigenvalue weighted by molar-refractivity contribution is 6.74. The van der Waals surface area contributed by atoms with Crippen molar-refractivity contribution >= 4 is 19.2 Å². The molecule has 0 radical (unpaired) electrons. The van der Waals surface area contributed by atoms with Crippen molar-refractivity contribution in [3.8, 4) is 11.5 Å². The van der Waals surface area contributed by atoms with Gasteiger partial charge in [0.1, 0.15) is 18.1 Å². The fourth-order valence-electron chi connectivity index (χ4n) is 5.29. The van der Waals surface area contributed by atoms with Gasteiger partial charge in [0.2, 0.25) is 5.56 Å². The van der Waals surface area contributed by atoms with Gasteiger partial charge in [-0.05, 0) is 72.1 Å². The van der Waals surface area contributed by atoms with E-state index in [4.69, 9.17) is 13.9 Å². The third kappa shape index (κ3) is 9.44. The number of nitrogens with one attached hydrogen (secondary N) is 2. The minimum atomic E-state index is -3.08. The van der Waals surface area contributed by atoms with Crippen LogP contribution in [-0.4, -0.2) is 33.0 Å². The zero-order valence-corrected chi connectivity index (χ0v) is 29.9. The highest BCUT2D eigenvalue weighted by atomic mass is 28.4. The summed E-state index contributed by atoms with van der Waals surface area (Å²) >= 11 is 0. The van der Waals surface area contributed by atoms with Gasteiger partial charge in [0.15, 0.2) is 14.9 Å². The molecule has 0 aliphatic heterocycles. The number of benzene rings is 4. The Morgan fingerprint density at radius 2 is 1.47 bits per heavy atom. The molecule has 49 heavy (non-hydrogen) atoms. The summed E-state index contributed by atoms with van der Waals surface area (Å²) in [4.78, 5) is 15.5. The van der Waals surface area contributed by atoms with Crippen molar-refractivity contribution in [1.82, 2.24) is 10.3 Å². The minimum Gasteiger partial charge on any atom is -0.487 e. The van der Waals surface area contributed by atoms with Gasteiger partial charge in [-0.2, -0.15) is 8.78 Å². The monoisotopic (exact) mass is 684 g/mol. The molecule has 0 spiro atoms. The van der Waals surface area contributed by atoms with Gasteiger partial charge in [0.25, 0.3) is 0 Å². The van der Waals surface area contributed by atoms with E-state index < -0.39 is 20.8 Å². The normalized spacial score (nSPS) is 13.0. The first-order valence-corrected chi connectivity index (χ1v) is 19.6. The third-order valence-electron chi connectivity index (χ3n) is 9.18. The number of hydrogen-bond acceptors (Lipinski definition) is 5. The maximum absolute atomic E-state index is 14.5. The van der Waals surface area contributed by atoms with Crippen LogP contribution in [0.5, 0.6) is 11.5 Å². The Balaban J connectivity index is 1.27. The number of aromatic nitrogens is 1. The van der Waals surface area contributed by atoms with Crippen molar-refractivity contribution in [2.75, 3.05) is 19.7 Å². The Morgan fingerprint density at radius 3 is 2.14 bits per heavy atom. The average molecular weight is 685 g/mol. The molecular weight excluding hydrogens is 639 g/mol. The summed E-state index contributed by atoms with van der Waals surface area (Å²) < 4.78 is 47.7. The van der Waals surface area contributed by atoms with Crippen molar-refractivity contribution < 1.29 is 22.7 Å². The third-order valence-corrected chi connectivity index (χ3v) is 13.7. The predicted molar refractivity (Wildman–Crippen MR) is 195 cm³/mol. The van der Waals surface area contributed by atoms with Gasteiger partial charge in [-0.25, -0.2) is 0 Å². The van der Waals surface area contributed by atoms with Crippen LogP contribution in [0, 0.1) is 0 Å². The number of ether oxygens (including phenoxy) is 2. The van der Waals surface area contributed by atoms with Gasteiger partial charge in [0.05, 0.1) is 11.6 Å². The molecule has 0 amide bonds. The maximum Gasteiger partial charge on any atom is 0.306 e. The number of pyridine rings is 1. The summed E-state index contributed by atoms with van der Waals surface area (Å²) in [5, 5.41) is 4.45. The van der Waals surface area contributed by atoms with E-state index in [9.17, 15) is 13.6 Å². The smallest absolute Gasteiger partial charge is 0.306 e. The molecule has 6 nitrogen and oxygen atoms in total. The summed E-state index contributed by atoms with van der Waals surface area (Å²) in [6, 6.07) is 32.2. The van der Waals surface area contributed by atoms with Crippen LogP contribution >= 0.6 is 0 Å². The van der Waals surface area contributed by atoms with Crippen LogP contribution in [0.1, 0.15) is 49.1 Å². The number of H-pyrrole nitrogens is 1. The topological polar surface area (TPSA) is 72.6 Å². The predicted octanol–water partition coefficient (Wildman–Crippen LogP) is 9.17. The molecule has 5 aromatic rings. The molecule has 5 rings (SSSR count). The maximum atomic E-state index is 14.5. The van der Waals surface area contributed by atoms with E-state index in [-0.39, 0.29) is 22.3 Å². The number of fused-ring (bicyclic) bond motifs is 1. The Bertz CT molecular complexity index is 1860. The van der Waals surface area contributed by atoms with Gasteiger partial charge in [-0.3, -0.25) is 4.79 Å². The quantitative estimate of drug-likeness (QED) is 0.0850.